The van der Waals surface area contributed by atoms with Gasteiger partial charge in [-0.3, -0.25) is 4.79 Å². The molecule has 1 heterocycles. The van der Waals surface area contributed by atoms with Crippen molar-refractivity contribution in [2.24, 2.45) is 0 Å². The van der Waals surface area contributed by atoms with Gasteiger partial charge in [0.25, 0.3) is 5.91 Å². The molecule has 0 N–H and O–H groups in total. The number of carbonyl (C=O) groups is 2. The first-order valence-corrected chi connectivity index (χ1v) is 8.04. The number of alkyl halides is 1. The molecule has 0 bridgehead atoms. The molecule has 120 valence electrons. The number of benzene rings is 1. The van der Waals surface area contributed by atoms with Crippen LogP contribution in [-0.4, -0.2) is 24.4 Å². The number of carbonyl (C=O) groups excluding carboxylic acids is 2. The number of anilines is 1. The second kappa shape index (κ2) is 8.03. The fourth-order valence-corrected chi connectivity index (χ4v) is 2.35. The quantitative estimate of drug-likeness (QED) is 0.570. The number of ether oxygens (including phenoxy) is 1. The zero-order chi connectivity index (χ0) is 15.9. The van der Waals surface area contributed by atoms with E-state index in [2.05, 4.69) is 0 Å². The first-order valence-electron chi connectivity index (χ1n) is 7.51. The highest BCUT2D eigenvalue weighted by atomic mass is 35.5. The summed E-state index contributed by atoms with van der Waals surface area (Å²) in [5.74, 6) is 0.617. The maximum atomic E-state index is 12.0. The Balaban J connectivity index is 2.13. The van der Waals surface area contributed by atoms with Crippen molar-refractivity contribution in [2.45, 2.75) is 39.0 Å². The van der Waals surface area contributed by atoms with Gasteiger partial charge in [-0.05, 0) is 30.9 Å². The largest absolute Gasteiger partial charge is 0.494 e. The molecule has 0 aromatic heterocycles. The third-order valence-electron chi connectivity index (χ3n) is 3.39. The second-order valence-corrected chi connectivity index (χ2v) is 5.42. The van der Waals surface area contributed by atoms with Gasteiger partial charge in [-0.25, -0.2) is 4.79 Å². The van der Waals surface area contributed by atoms with E-state index in [1.807, 2.05) is 12.1 Å². The minimum absolute atomic E-state index is 0.214. The van der Waals surface area contributed by atoms with Gasteiger partial charge >= 0.3 is 5.97 Å². The van der Waals surface area contributed by atoms with E-state index in [0.717, 1.165) is 23.5 Å². The number of unbranched alkanes of at least 4 members (excludes halogenated alkanes) is 1. The van der Waals surface area contributed by atoms with Gasteiger partial charge in [0.2, 0.25) is 0 Å². The number of aryl methyl sites for hydroxylation is 1. The molecular formula is C16H20ClNO4. The van der Waals surface area contributed by atoms with E-state index in [1.165, 1.54) is 0 Å². The summed E-state index contributed by atoms with van der Waals surface area (Å²) in [5.41, 5.74) is 1.56. The summed E-state index contributed by atoms with van der Waals surface area (Å²) in [6.45, 7) is 2.25. The topological polar surface area (TPSA) is 55.8 Å². The van der Waals surface area contributed by atoms with Crippen molar-refractivity contribution in [1.29, 1.82) is 0 Å². The van der Waals surface area contributed by atoms with Gasteiger partial charge in [0.05, 0.1) is 12.3 Å². The molecule has 22 heavy (non-hydrogen) atoms. The molecule has 0 saturated heterocycles. The molecule has 1 aromatic carbocycles. The van der Waals surface area contributed by atoms with Crippen LogP contribution in [0, 0.1) is 0 Å². The Hall–Kier alpha value is -1.75. The first kappa shape index (κ1) is 16.6. The number of nitrogens with zero attached hydrogens (tertiary/aromatic N) is 1. The summed E-state index contributed by atoms with van der Waals surface area (Å²) >= 11 is 5.63. The minimum Gasteiger partial charge on any atom is -0.494 e. The van der Waals surface area contributed by atoms with Crippen LogP contribution in [0.15, 0.2) is 18.2 Å². The average Bonchev–Trinajstić information content (AvgIpc) is 2.54. The van der Waals surface area contributed by atoms with Crippen molar-refractivity contribution < 1.29 is 19.2 Å². The number of hydrogen-bond acceptors (Lipinski definition) is 4. The predicted octanol–water partition coefficient (Wildman–Crippen LogP) is 3.23. The Kier molecular flexibility index (Phi) is 6.07. The fourth-order valence-electron chi connectivity index (χ4n) is 2.16. The number of hydroxylamine groups is 1. The highest BCUT2D eigenvalue weighted by Crippen LogP contribution is 2.32. The lowest BCUT2D eigenvalue weighted by Crippen LogP contribution is -2.37. The van der Waals surface area contributed by atoms with Crippen molar-refractivity contribution >= 4 is 29.2 Å². The van der Waals surface area contributed by atoms with Gasteiger partial charge in [0.1, 0.15) is 5.75 Å². The summed E-state index contributed by atoms with van der Waals surface area (Å²) in [5, 5.41) is 1.09. The lowest BCUT2D eigenvalue weighted by Gasteiger charge is -2.27. The molecule has 0 saturated carbocycles. The molecule has 0 fully saturated rings. The summed E-state index contributed by atoms with van der Waals surface area (Å²) in [7, 11) is 0. The van der Waals surface area contributed by atoms with Crippen LogP contribution in [0.4, 0.5) is 5.69 Å². The molecule has 0 spiro atoms. The zero-order valence-electron chi connectivity index (χ0n) is 12.6. The van der Waals surface area contributed by atoms with Crippen molar-refractivity contribution in [3.63, 3.8) is 0 Å². The third kappa shape index (κ3) is 4.13. The second-order valence-electron chi connectivity index (χ2n) is 5.04. The van der Waals surface area contributed by atoms with E-state index in [-0.39, 0.29) is 12.3 Å². The molecule has 1 aromatic rings. The Morgan fingerprint density at radius 2 is 2.14 bits per heavy atom. The summed E-state index contributed by atoms with van der Waals surface area (Å²) < 4.78 is 5.65. The van der Waals surface area contributed by atoms with E-state index >= 15 is 0 Å². The first-order chi connectivity index (χ1) is 10.7. The van der Waals surface area contributed by atoms with Crippen LogP contribution in [-0.2, 0) is 20.8 Å². The van der Waals surface area contributed by atoms with Crippen molar-refractivity contribution in [3.05, 3.63) is 23.8 Å². The van der Waals surface area contributed by atoms with E-state index in [0.29, 0.717) is 36.8 Å². The van der Waals surface area contributed by atoms with Crippen LogP contribution in [0.1, 0.15) is 38.2 Å². The zero-order valence-corrected chi connectivity index (χ0v) is 13.4. The van der Waals surface area contributed by atoms with E-state index in [9.17, 15) is 9.59 Å². The molecule has 1 amide bonds. The van der Waals surface area contributed by atoms with Crippen molar-refractivity contribution in [2.75, 3.05) is 17.6 Å². The number of amides is 1. The molecule has 6 heteroatoms. The van der Waals surface area contributed by atoms with Crippen molar-refractivity contribution in [1.82, 2.24) is 0 Å². The normalized spacial score (nSPS) is 13.7. The molecule has 1 aliphatic heterocycles. The van der Waals surface area contributed by atoms with Crippen LogP contribution in [0.2, 0.25) is 0 Å². The maximum Gasteiger partial charge on any atom is 0.332 e. The Morgan fingerprint density at radius 3 is 2.86 bits per heavy atom. The van der Waals surface area contributed by atoms with E-state index < -0.39 is 5.97 Å². The van der Waals surface area contributed by atoms with Crippen LogP contribution in [0.3, 0.4) is 0 Å². The van der Waals surface area contributed by atoms with E-state index in [4.69, 9.17) is 21.2 Å². The molecule has 1 aliphatic rings. The highest BCUT2D eigenvalue weighted by Gasteiger charge is 2.27. The summed E-state index contributed by atoms with van der Waals surface area (Å²) in [4.78, 5) is 28.7. The lowest BCUT2D eigenvalue weighted by molar-refractivity contribution is -0.150. The smallest absolute Gasteiger partial charge is 0.332 e. The molecule has 0 unspecified atom stereocenters. The van der Waals surface area contributed by atoms with Crippen molar-refractivity contribution in [3.8, 4) is 5.75 Å². The van der Waals surface area contributed by atoms with Crippen LogP contribution >= 0.6 is 11.6 Å². The van der Waals surface area contributed by atoms with Gasteiger partial charge < -0.3 is 9.57 Å². The van der Waals surface area contributed by atoms with Crippen LogP contribution in [0.25, 0.3) is 0 Å². The molecule has 2 rings (SSSR count). The van der Waals surface area contributed by atoms with Crippen LogP contribution in [0.5, 0.6) is 5.75 Å². The molecule has 0 atom stereocenters. The Labute approximate surface area is 135 Å². The molecular weight excluding hydrogens is 306 g/mol. The Morgan fingerprint density at radius 1 is 1.32 bits per heavy atom. The summed E-state index contributed by atoms with van der Waals surface area (Å²) in [6.07, 6.45) is 2.95. The Bertz CT molecular complexity index is 547. The van der Waals surface area contributed by atoms with Gasteiger partial charge in [-0.2, -0.15) is 0 Å². The highest BCUT2D eigenvalue weighted by molar-refractivity contribution is 6.17. The maximum absolute atomic E-state index is 12.0. The molecule has 0 radical (unpaired) electrons. The predicted molar refractivity (Wildman–Crippen MR) is 84.1 cm³/mol. The van der Waals surface area contributed by atoms with Gasteiger partial charge in [0, 0.05) is 24.8 Å². The third-order valence-corrected chi connectivity index (χ3v) is 3.66. The molecule has 0 aliphatic carbocycles. The SMILES string of the molecule is CCC(=O)ON1C(=O)CCc2ccc(OCCCCCl)cc21. The fraction of sp³-hybridized carbons (Fsp3) is 0.500. The molecule has 5 nitrogen and oxygen atoms in total. The number of halogens is 1. The monoisotopic (exact) mass is 325 g/mol. The van der Waals surface area contributed by atoms with Gasteiger partial charge in [-0.1, -0.05) is 13.0 Å². The van der Waals surface area contributed by atoms with Crippen LogP contribution < -0.4 is 9.80 Å². The summed E-state index contributed by atoms with van der Waals surface area (Å²) in [6, 6.07) is 5.52. The number of hydrogen-bond donors (Lipinski definition) is 0. The van der Waals surface area contributed by atoms with Gasteiger partial charge in [-0.15, -0.1) is 16.7 Å². The minimum atomic E-state index is -0.436. The van der Waals surface area contributed by atoms with Gasteiger partial charge in [0.15, 0.2) is 0 Å². The number of fused-ring (bicyclic) bond motifs is 1. The number of rotatable bonds is 7. The standard InChI is InChI=1S/C16H20ClNO4/c1-2-16(20)22-18-14-11-13(21-10-4-3-9-17)7-5-12(14)6-8-15(18)19/h5,7,11H,2-4,6,8-10H2,1H3. The average molecular weight is 326 g/mol. The van der Waals surface area contributed by atoms with E-state index in [1.54, 1.807) is 13.0 Å². The lowest BCUT2D eigenvalue weighted by atomic mass is 10.0.